The summed E-state index contributed by atoms with van der Waals surface area (Å²) >= 11 is 0. The quantitative estimate of drug-likeness (QED) is 0.863. The van der Waals surface area contributed by atoms with Crippen LogP contribution in [-0.2, 0) is 0 Å². The van der Waals surface area contributed by atoms with Gasteiger partial charge in [-0.05, 0) is 19.8 Å². The predicted molar refractivity (Wildman–Crippen MR) is 70.0 cm³/mol. The van der Waals surface area contributed by atoms with Crippen molar-refractivity contribution in [2.24, 2.45) is 0 Å². The van der Waals surface area contributed by atoms with E-state index in [-0.39, 0.29) is 11.9 Å². The van der Waals surface area contributed by atoms with E-state index in [9.17, 15) is 13.2 Å². The second-order valence-electron chi connectivity index (χ2n) is 4.48. The van der Waals surface area contributed by atoms with E-state index in [1.165, 1.54) is 0 Å². The van der Waals surface area contributed by atoms with Crippen molar-refractivity contribution in [3.8, 4) is 0 Å². The summed E-state index contributed by atoms with van der Waals surface area (Å²) in [6.07, 6.45) is -2.24. The van der Waals surface area contributed by atoms with Gasteiger partial charge in [-0.15, -0.1) is 0 Å². The average molecular weight is 290 g/mol. The Morgan fingerprint density at radius 2 is 1.65 bits per heavy atom. The summed E-state index contributed by atoms with van der Waals surface area (Å²) in [5, 5.41) is 5.09. The maximum atomic E-state index is 12.2. The molecule has 9 heteroatoms. The number of hydrogen-bond donors (Lipinski definition) is 2. The topological polar surface area (TPSA) is 66.0 Å². The molecule has 0 spiro atoms. The van der Waals surface area contributed by atoms with Crippen molar-refractivity contribution < 1.29 is 13.2 Å². The molecule has 2 rings (SSSR count). The van der Waals surface area contributed by atoms with Crippen molar-refractivity contribution >= 4 is 17.8 Å². The fraction of sp³-hybridized carbons (Fsp3) is 0.727. The summed E-state index contributed by atoms with van der Waals surface area (Å²) in [5.74, 6) is 0.641. The Hall–Kier alpha value is -1.80. The van der Waals surface area contributed by atoms with Crippen LogP contribution in [0.15, 0.2) is 0 Å². The number of nitrogens with zero attached hydrogens (tertiary/aromatic N) is 4. The molecule has 0 aliphatic carbocycles. The minimum atomic E-state index is -4.31. The number of nitrogens with one attached hydrogen (secondary N) is 2. The molecule has 1 saturated heterocycles. The SMILES string of the molecule is CCNc1nc(NCC(F)(F)F)nc(N2CCCC2)n1. The lowest BCUT2D eigenvalue weighted by Crippen LogP contribution is -2.25. The van der Waals surface area contributed by atoms with Gasteiger partial charge in [0.25, 0.3) is 0 Å². The zero-order chi connectivity index (χ0) is 14.6. The Morgan fingerprint density at radius 3 is 2.20 bits per heavy atom. The lowest BCUT2D eigenvalue weighted by atomic mass is 10.4. The van der Waals surface area contributed by atoms with Crippen LogP contribution in [0.4, 0.5) is 31.0 Å². The van der Waals surface area contributed by atoms with Crippen LogP contribution < -0.4 is 15.5 Å². The van der Waals surface area contributed by atoms with Gasteiger partial charge in [0.1, 0.15) is 6.54 Å². The molecule has 0 amide bonds. The number of hydrogen-bond acceptors (Lipinski definition) is 6. The van der Waals surface area contributed by atoms with Crippen LogP contribution in [0.25, 0.3) is 0 Å². The second kappa shape index (κ2) is 6.10. The highest BCUT2D eigenvalue weighted by molar-refractivity contribution is 5.44. The molecule has 1 aromatic heterocycles. The van der Waals surface area contributed by atoms with E-state index in [4.69, 9.17) is 0 Å². The zero-order valence-corrected chi connectivity index (χ0v) is 11.2. The third kappa shape index (κ3) is 4.10. The van der Waals surface area contributed by atoms with E-state index in [0.717, 1.165) is 25.9 Å². The molecule has 2 N–H and O–H groups in total. The van der Waals surface area contributed by atoms with Gasteiger partial charge in [-0.3, -0.25) is 0 Å². The first-order valence-corrected chi connectivity index (χ1v) is 6.53. The molecule has 20 heavy (non-hydrogen) atoms. The van der Waals surface area contributed by atoms with Crippen LogP contribution in [0.2, 0.25) is 0 Å². The molecular weight excluding hydrogens is 273 g/mol. The van der Waals surface area contributed by atoms with E-state index in [1.807, 2.05) is 11.8 Å². The van der Waals surface area contributed by atoms with Gasteiger partial charge in [-0.2, -0.15) is 28.1 Å². The molecule has 0 radical (unpaired) electrons. The molecule has 0 bridgehead atoms. The molecule has 0 unspecified atom stereocenters. The predicted octanol–water partition coefficient (Wildman–Crippen LogP) is 1.88. The van der Waals surface area contributed by atoms with E-state index in [1.54, 1.807) is 0 Å². The summed E-state index contributed by atoms with van der Waals surface area (Å²) < 4.78 is 36.7. The molecule has 1 aliphatic heterocycles. The fourth-order valence-electron chi connectivity index (χ4n) is 1.92. The second-order valence-corrected chi connectivity index (χ2v) is 4.48. The van der Waals surface area contributed by atoms with E-state index >= 15 is 0 Å². The molecule has 0 saturated carbocycles. The Balaban J connectivity index is 2.16. The van der Waals surface area contributed by atoms with Crippen LogP contribution in [0.5, 0.6) is 0 Å². The van der Waals surface area contributed by atoms with Crippen LogP contribution in [0, 0.1) is 0 Å². The van der Waals surface area contributed by atoms with Crippen molar-refractivity contribution in [1.29, 1.82) is 0 Å². The lowest BCUT2D eigenvalue weighted by Gasteiger charge is -2.17. The standard InChI is InChI=1S/C11H17F3N6/c1-2-15-8-17-9(16-7-11(12,13)14)19-10(18-8)20-5-3-4-6-20/h2-7H2,1H3,(H2,15,16,17,18,19). The van der Waals surface area contributed by atoms with Crippen LogP contribution in [0.1, 0.15) is 19.8 Å². The van der Waals surface area contributed by atoms with Crippen molar-refractivity contribution in [2.75, 3.05) is 41.7 Å². The number of aromatic nitrogens is 3. The Labute approximate surface area is 114 Å². The fourth-order valence-corrected chi connectivity index (χ4v) is 1.92. The average Bonchev–Trinajstić information content (AvgIpc) is 2.89. The highest BCUT2D eigenvalue weighted by atomic mass is 19.4. The number of halogens is 3. The summed E-state index contributed by atoms with van der Waals surface area (Å²) in [6, 6.07) is 0. The largest absolute Gasteiger partial charge is 0.405 e. The smallest absolute Gasteiger partial charge is 0.354 e. The number of rotatable bonds is 5. The maximum absolute atomic E-state index is 12.2. The van der Waals surface area contributed by atoms with Crippen molar-refractivity contribution in [2.45, 2.75) is 25.9 Å². The van der Waals surface area contributed by atoms with Crippen LogP contribution in [0.3, 0.4) is 0 Å². The highest BCUT2D eigenvalue weighted by Gasteiger charge is 2.27. The normalized spacial score (nSPS) is 15.5. The molecule has 112 valence electrons. The van der Waals surface area contributed by atoms with Gasteiger partial charge in [0.15, 0.2) is 0 Å². The number of anilines is 3. The first-order valence-electron chi connectivity index (χ1n) is 6.53. The molecule has 0 atom stereocenters. The third-order valence-electron chi connectivity index (χ3n) is 2.79. The summed E-state index contributed by atoms with van der Waals surface area (Å²) in [5.41, 5.74) is 0. The van der Waals surface area contributed by atoms with E-state index in [2.05, 4.69) is 25.6 Å². The Bertz CT molecular complexity index is 444. The molecule has 1 fully saturated rings. The first-order chi connectivity index (χ1) is 9.48. The van der Waals surface area contributed by atoms with Gasteiger partial charge in [-0.25, -0.2) is 0 Å². The Morgan fingerprint density at radius 1 is 1.05 bits per heavy atom. The highest BCUT2D eigenvalue weighted by Crippen LogP contribution is 2.20. The van der Waals surface area contributed by atoms with Gasteiger partial charge < -0.3 is 15.5 Å². The monoisotopic (exact) mass is 290 g/mol. The lowest BCUT2D eigenvalue weighted by molar-refractivity contribution is -0.115. The maximum Gasteiger partial charge on any atom is 0.405 e. The van der Waals surface area contributed by atoms with Crippen molar-refractivity contribution in [1.82, 2.24) is 15.0 Å². The van der Waals surface area contributed by atoms with Crippen molar-refractivity contribution in [3.63, 3.8) is 0 Å². The molecular formula is C11H17F3N6. The van der Waals surface area contributed by atoms with E-state index < -0.39 is 12.7 Å². The van der Waals surface area contributed by atoms with Gasteiger partial charge in [0.05, 0.1) is 0 Å². The number of alkyl halides is 3. The van der Waals surface area contributed by atoms with Gasteiger partial charge in [0, 0.05) is 19.6 Å². The molecule has 6 nitrogen and oxygen atoms in total. The summed E-state index contributed by atoms with van der Waals surface area (Å²) in [4.78, 5) is 14.1. The van der Waals surface area contributed by atoms with Crippen LogP contribution >= 0.6 is 0 Å². The molecule has 1 aliphatic rings. The zero-order valence-electron chi connectivity index (χ0n) is 11.2. The van der Waals surface area contributed by atoms with Crippen LogP contribution in [-0.4, -0.2) is 47.3 Å². The summed E-state index contributed by atoms with van der Waals surface area (Å²) in [6.45, 7) is 2.91. The first kappa shape index (κ1) is 14.6. The minimum Gasteiger partial charge on any atom is -0.354 e. The Kier molecular flexibility index (Phi) is 4.46. The van der Waals surface area contributed by atoms with E-state index in [0.29, 0.717) is 12.5 Å². The molecule has 1 aromatic rings. The molecule has 2 heterocycles. The third-order valence-corrected chi connectivity index (χ3v) is 2.79. The minimum absolute atomic E-state index is 0.0600. The van der Waals surface area contributed by atoms with Gasteiger partial charge in [0.2, 0.25) is 17.8 Å². The van der Waals surface area contributed by atoms with Gasteiger partial charge >= 0.3 is 6.18 Å². The molecule has 0 aromatic carbocycles. The van der Waals surface area contributed by atoms with Crippen molar-refractivity contribution in [3.05, 3.63) is 0 Å². The summed E-state index contributed by atoms with van der Waals surface area (Å²) in [7, 11) is 0. The van der Waals surface area contributed by atoms with Gasteiger partial charge in [-0.1, -0.05) is 0 Å².